The van der Waals surface area contributed by atoms with E-state index in [0.717, 1.165) is 50.6 Å². The van der Waals surface area contributed by atoms with Gasteiger partial charge in [-0.3, -0.25) is 10.2 Å². The summed E-state index contributed by atoms with van der Waals surface area (Å²) in [6.07, 6.45) is 5.70. The second kappa shape index (κ2) is 6.76. The van der Waals surface area contributed by atoms with Crippen LogP contribution in [0.4, 0.5) is 11.4 Å². The van der Waals surface area contributed by atoms with Crippen LogP contribution in [0.15, 0.2) is 18.2 Å². The summed E-state index contributed by atoms with van der Waals surface area (Å²) in [6.45, 7) is 6.03. The Kier molecular flexibility index (Phi) is 4.37. The minimum atomic E-state index is -0.170. The van der Waals surface area contributed by atoms with Gasteiger partial charge in [-0.15, -0.1) is 0 Å². The van der Waals surface area contributed by atoms with Gasteiger partial charge in [0, 0.05) is 49.1 Å². The van der Waals surface area contributed by atoms with Gasteiger partial charge in [-0.05, 0) is 68.7 Å². The summed E-state index contributed by atoms with van der Waals surface area (Å²) in [5, 5.41) is 3.13. The molecular formula is C21H30N4O2. The lowest BCUT2D eigenvalue weighted by Crippen LogP contribution is -2.40. The zero-order valence-electron chi connectivity index (χ0n) is 16.1. The van der Waals surface area contributed by atoms with Crippen molar-refractivity contribution in [3.63, 3.8) is 0 Å². The molecule has 2 atom stereocenters. The molecular weight excluding hydrogens is 340 g/mol. The summed E-state index contributed by atoms with van der Waals surface area (Å²) in [4.78, 5) is 15.2. The topological polar surface area (TPSA) is 65.6 Å². The number of carbonyl (C=O) groups is 1. The highest BCUT2D eigenvalue weighted by molar-refractivity contribution is 5.95. The number of amides is 1. The van der Waals surface area contributed by atoms with E-state index in [1.165, 1.54) is 30.6 Å². The Morgan fingerprint density at radius 2 is 2.11 bits per heavy atom. The summed E-state index contributed by atoms with van der Waals surface area (Å²) >= 11 is 0. The maximum Gasteiger partial charge on any atom is 0.242 e. The molecule has 1 amide bonds. The average molecular weight is 370 g/mol. The Morgan fingerprint density at radius 1 is 1.30 bits per heavy atom. The molecule has 27 heavy (non-hydrogen) atoms. The fraction of sp³-hybridized carbons (Fsp3) is 0.667. The number of ether oxygens (including phenoxy) is 1. The molecule has 5 rings (SSSR count). The monoisotopic (exact) mass is 370 g/mol. The number of carbonyl (C=O) groups excluding carboxylic acids is 1. The number of anilines is 2. The first kappa shape index (κ1) is 17.5. The predicted molar refractivity (Wildman–Crippen MR) is 106 cm³/mol. The molecule has 2 unspecified atom stereocenters. The minimum Gasteiger partial charge on any atom is -0.381 e. The summed E-state index contributed by atoms with van der Waals surface area (Å²) in [5.74, 6) is 0.913. The number of nitrogens with zero attached hydrogens (tertiary/aromatic N) is 1. The Balaban J connectivity index is 1.39. The van der Waals surface area contributed by atoms with Crippen LogP contribution in [-0.2, 0) is 14.9 Å². The molecule has 0 aromatic heterocycles. The number of benzene rings is 1. The largest absolute Gasteiger partial charge is 0.381 e. The van der Waals surface area contributed by atoms with E-state index in [1.807, 2.05) is 0 Å². The van der Waals surface area contributed by atoms with Gasteiger partial charge in [0.1, 0.15) is 6.04 Å². The Hall–Kier alpha value is -1.63. The summed E-state index contributed by atoms with van der Waals surface area (Å²) in [7, 11) is 0. The predicted octanol–water partition coefficient (Wildman–Crippen LogP) is 2.16. The van der Waals surface area contributed by atoms with Gasteiger partial charge < -0.3 is 15.0 Å². The third-order valence-corrected chi connectivity index (χ3v) is 6.70. The van der Waals surface area contributed by atoms with Crippen LogP contribution in [0.25, 0.3) is 0 Å². The van der Waals surface area contributed by atoms with Crippen LogP contribution in [-0.4, -0.2) is 44.3 Å². The summed E-state index contributed by atoms with van der Waals surface area (Å²) in [5.41, 5.74) is 10.1. The molecule has 0 bridgehead atoms. The van der Waals surface area contributed by atoms with Crippen LogP contribution in [0.2, 0.25) is 0 Å². The van der Waals surface area contributed by atoms with Gasteiger partial charge in [-0.25, -0.2) is 5.43 Å². The highest BCUT2D eigenvalue weighted by Gasteiger charge is 2.45. The summed E-state index contributed by atoms with van der Waals surface area (Å²) < 4.78 is 5.67. The SMILES string of the molecule is CC1CC(C(=O)Nc2ccc3c(c2)C2(CCOCC2)CN3CC2CC2)NN1. The molecule has 3 fully saturated rings. The highest BCUT2D eigenvalue weighted by atomic mass is 16.5. The van der Waals surface area contributed by atoms with Crippen LogP contribution < -0.4 is 21.1 Å². The van der Waals surface area contributed by atoms with Gasteiger partial charge in [0.25, 0.3) is 0 Å². The van der Waals surface area contributed by atoms with Gasteiger partial charge in [-0.2, -0.15) is 0 Å². The Labute approximate surface area is 161 Å². The maximum absolute atomic E-state index is 12.6. The zero-order valence-corrected chi connectivity index (χ0v) is 16.1. The molecule has 4 aliphatic rings. The second-order valence-corrected chi connectivity index (χ2v) is 8.92. The lowest BCUT2D eigenvalue weighted by molar-refractivity contribution is -0.117. The summed E-state index contributed by atoms with van der Waals surface area (Å²) in [6, 6.07) is 6.68. The second-order valence-electron chi connectivity index (χ2n) is 8.92. The average Bonchev–Trinajstić information content (AvgIpc) is 3.31. The highest BCUT2D eigenvalue weighted by Crippen LogP contribution is 2.48. The molecule has 2 saturated heterocycles. The normalized spacial score (nSPS) is 29.1. The minimum absolute atomic E-state index is 0.0423. The molecule has 6 heteroatoms. The van der Waals surface area contributed by atoms with Crippen molar-refractivity contribution < 1.29 is 9.53 Å². The van der Waals surface area contributed by atoms with Crippen LogP contribution >= 0.6 is 0 Å². The van der Waals surface area contributed by atoms with Gasteiger partial charge in [0.15, 0.2) is 0 Å². The first-order valence-corrected chi connectivity index (χ1v) is 10.4. The van der Waals surface area contributed by atoms with Gasteiger partial charge in [0.2, 0.25) is 5.91 Å². The molecule has 6 nitrogen and oxygen atoms in total. The third-order valence-electron chi connectivity index (χ3n) is 6.70. The standard InChI is InChI=1S/C21H30N4O2/c1-14-10-18(24-23-14)20(26)22-16-4-5-19-17(11-16)21(6-8-27-9-7-21)13-25(19)12-15-2-3-15/h4-5,11,14-15,18,23-24H,2-3,6-10,12-13H2,1H3,(H,22,26). The molecule has 1 aromatic rings. The van der Waals surface area contributed by atoms with E-state index in [2.05, 4.69) is 46.2 Å². The van der Waals surface area contributed by atoms with Gasteiger partial charge >= 0.3 is 0 Å². The van der Waals surface area contributed by atoms with Crippen molar-refractivity contribution in [3.05, 3.63) is 23.8 Å². The lowest BCUT2D eigenvalue weighted by atomic mass is 9.76. The zero-order chi connectivity index (χ0) is 18.4. The third kappa shape index (κ3) is 3.35. The fourth-order valence-corrected chi connectivity index (χ4v) is 4.93. The van der Waals surface area contributed by atoms with Crippen molar-refractivity contribution in [2.75, 3.05) is 36.5 Å². The maximum atomic E-state index is 12.6. The van der Waals surface area contributed by atoms with Crippen molar-refractivity contribution >= 4 is 17.3 Å². The molecule has 1 spiro atoms. The quantitative estimate of drug-likeness (QED) is 0.758. The number of hydrazine groups is 1. The number of nitrogens with one attached hydrogen (secondary N) is 3. The number of hydrogen-bond donors (Lipinski definition) is 3. The number of fused-ring (bicyclic) bond motifs is 2. The molecule has 3 N–H and O–H groups in total. The molecule has 3 heterocycles. The number of hydrogen-bond acceptors (Lipinski definition) is 5. The van der Waals surface area contributed by atoms with E-state index in [9.17, 15) is 4.79 Å². The van der Waals surface area contributed by atoms with Gasteiger partial charge in [-0.1, -0.05) is 0 Å². The fourth-order valence-electron chi connectivity index (χ4n) is 4.93. The lowest BCUT2D eigenvalue weighted by Gasteiger charge is -2.34. The van der Waals surface area contributed by atoms with E-state index < -0.39 is 0 Å². The first-order chi connectivity index (χ1) is 13.1. The van der Waals surface area contributed by atoms with E-state index in [-0.39, 0.29) is 17.4 Å². The molecule has 1 aliphatic carbocycles. The van der Waals surface area contributed by atoms with E-state index in [0.29, 0.717) is 6.04 Å². The van der Waals surface area contributed by atoms with Crippen LogP contribution in [0.1, 0.15) is 44.6 Å². The molecule has 0 radical (unpaired) electrons. The molecule has 146 valence electrons. The van der Waals surface area contributed by atoms with E-state index >= 15 is 0 Å². The van der Waals surface area contributed by atoms with Crippen molar-refractivity contribution in [1.82, 2.24) is 10.9 Å². The van der Waals surface area contributed by atoms with Crippen molar-refractivity contribution in [1.29, 1.82) is 0 Å². The van der Waals surface area contributed by atoms with E-state index in [1.54, 1.807) is 0 Å². The first-order valence-electron chi connectivity index (χ1n) is 10.4. The van der Waals surface area contributed by atoms with E-state index in [4.69, 9.17) is 4.74 Å². The Bertz CT molecular complexity index is 727. The Morgan fingerprint density at radius 3 is 2.81 bits per heavy atom. The van der Waals surface area contributed by atoms with Gasteiger partial charge in [0.05, 0.1) is 0 Å². The van der Waals surface area contributed by atoms with Crippen molar-refractivity contribution in [3.8, 4) is 0 Å². The van der Waals surface area contributed by atoms with Crippen LogP contribution in [0.3, 0.4) is 0 Å². The van der Waals surface area contributed by atoms with Crippen LogP contribution in [0.5, 0.6) is 0 Å². The molecule has 1 aromatic carbocycles. The van der Waals surface area contributed by atoms with Crippen LogP contribution in [0, 0.1) is 5.92 Å². The molecule has 1 saturated carbocycles. The van der Waals surface area contributed by atoms with Crippen molar-refractivity contribution in [2.24, 2.45) is 5.92 Å². The van der Waals surface area contributed by atoms with Crippen molar-refractivity contribution in [2.45, 2.75) is 56.5 Å². The smallest absolute Gasteiger partial charge is 0.242 e. The molecule has 3 aliphatic heterocycles. The number of rotatable bonds is 4.